The monoisotopic (exact) mass is 314 g/mol. The number of nitrogens with two attached hydrogens (primary N) is 1. The molecule has 0 radical (unpaired) electrons. The number of hydrogen-bond acceptors (Lipinski definition) is 4. The second-order valence-electron chi connectivity index (χ2n) is 6.09. The third kappa shape index (κ3) is 2.47. The predicted molar refractivity (Wildman–Crippen MR) is 88.0 cm³/mol. The third-order valence-corrected chi connectivity index (χ3v) is 5.64. The fourth-order valence-corrected chi connectivity index (χ4v) is 4.48. The zero-order valence-corrected chi connectivity index (χ0v) is 13.0. The van der Waals surface area contributed by atoms with Crippen molar-refractivity contribution in [2.24, 2.45) is 28.5 Å². The number of aromatic nitrogens is 1. The molecule has 4 rings (SSSR count). The molecule has 1 unspecified atom stereocenters. The number of carbonyl (C=O) groups is 1. The Balaban J connectivity index is 1.45. The number of nitrogens with one attached hydrogen (secondary N) is 1. The number of guanidine groups is 1. The molecule has 2 aromatic rings. The van der Waals surface area contributed by atoms with Crippen molar-refractivity contribution < 1.29 is 4.79 Å². The van der Waals surface area contributed by atoms with Crippen LogP contribution in [0.4, 0.5) is 5.13 Å². The zero-order chi connectivity index (χ0) is 15.1. The van der Waals surface area contributed by atoms with Gasteiger partial charge in [0.05, 0.1) is 10.2 Å². The number of fused-ring (bicyclic) bond motifs is 2. The van der Waals surface area contributed by atoms with Gasteiger partial charge in [0.1, 0.15) is 0 Å². The molecule has 1 heterocycles. The molecule has 1 amide bonds. The van der Waals surface area contributed by atoms with Gasteiger partial charge in [0, 0.05) is 5.92 Å². The van der Waals surface area contributed by atoms with Crippen molar-refractivity contribution in [1.29, 1.82) is 0 Å². The quantitative estimate of drug-likeness (QED) is 0.660. The second-order valence-corrected chi connectivity index (χ2v) is 7.10. The number of thiazole rings is 1. The Kier molecular flexibility index (Phi) is 3.33. The first-order valence-corrected chi connectivity index (χ1v) is 8.54. The first kappa shape index (κ1) is 13.7. The number of para-hydroxylation sites is 1. The van der Waals surface area contributed by atoms with Crippen molar-refractivity contribution in [2.75, 3.05) is 0 Å². The molecule has 1 aromatic carbocycles. The summed E-state index contributed by atoms with van der Waals surface area (Å²) in [4.78, 5) is 20.9. The summed E-state index contributed by atoms with van der Waals surface area (Å²) in [6, 6.07) is 7.84. The minimum absolute atomic E-state index is 0.0271. The molecule has 2 saturated carbocycles. The van der Waals surface area contributed by atoms with Gasteiger partial charge in [0.2, 0.25) is 17.0 Å². The molecule has 0 spiro atoms. The van der Waals surface area contributed by atoms with Gasteiger partial charge in [0.25, 0.3) is 0 Å². The van der Waals surface area contributed by atoms with Crippen LogP contribution in [0.5, 0.6) is 0 Å². The predicted octanol–water partition coefficient (Wildman–Crippen LogP) is 2.79. The summed E-state index contributed by atoms with van der Waals surface area (Å²) in [7, 11) is 0. The summed E-state index contributed by atoms with van der Waals surface area (Å²) in [6.45, 7) is 0. The van der Waals surface area contributed by atoms with Crippen LogP contribution in [0, 0.1) is 17.8 Å². The Morgan fingerprint density at radius 2 is 2.00 bits per heavy atom. The van der Waals surface area contributed by atoms with Crippen LogP contribution >= 0.6 is 11.3 Å². The number of hydrogen-bond donors (Lipinski definition) is 2. The number of nitrogens with zero attached hydrogens (tertiary/aromatic N) is 2. The fraction of sp³-hybridized carbons (Fsp3) is 0.438. The van der Waals surface area contributed by atoms with Gasteiger partial charge >= 0.3 is 0 Å². The van der Waals surface area contributed by atoms with Gasteiger partial charge in [-0.1, -0.05) is 36.3 Å². The fourth-order valence-electron chi connectivity index (χ4n) is 3.63. The van der Waals surface area contributed by atoms with E-state index in [1.54, 1.807) is 0 Å². The van der Waals surface area contributed by atoms with Crippen molar-refractivity contribution in [3.05, 3.63) is 24.3 Å². The Morgan fingerprint density at radius 3 is 2.73 bits per heavy atom. The molecule has 6 heteroatoms. The van der Waals surface area contributed by atoms with Crippen LogP contribution in [0.3, 0.4) is 0 Å². The zero-order valence-electron chi connectivity index (χ0n) is 12.2. The molecule has 2 aliphatic rings. The van der Waals surface area contributed by atoms with E-state index in [9.17, 15) is 4.79 Å². The van der Waals surface area contributed by atoms with E-state index in [4.69, 9.17) is 5.73 Å². The molecule has 1 aromatic heterocycles. The summed E-state index contributed by atoms with van der Waals surface area (Å²) >= 11 is 1.47. The summed E-state index contributed by atoms with van der Waals surface area (Å²) in [5, 5.41) is 3.32. The Bertz CT molecular complexity index is 708. The summed E-state index contributed by atoms with van der Waals surface area (Å²) in [5.74, 6) is 1.46. The molecular formula is C16H18N4OS. The van der Waals surface area contributed by atoms with Crippen LogP contribution in [-0.4, -0.2) is 16.9 Å². The van der Waals surface area contributed by atoms with Gasteiger partial charge in [-0.25, -0.2) is 4.98 Å². The number of rotatable bonds is 2. The maximum atomic E-state index is 12.3. The average Bonchev–Trinajstić information content (AvgIpc) is 3.10. The molecule has 5 nitrogen and oxygen atoms in total. The number of aliphatic imine (C=N–C) groups is 1. The minimum Gasteiger partial charge on any atom is -0.369 e. The van der Waals surface area contributed by atoms with E-state index in [2.05, 4.69) is 15.3 Å². The molecule has 22 heavy (non-hydrogen) atoms. The maximum Gasteiger partial charge on any atom is 0.230 e. The normalized spacial score (nSPS) is 27.5. The molecule has 0 saturated heterocycles. The number of carbonyl (C=O) groups excluding carboxylic acids is 1. The topological polar surface area (TPSA) is 80.4 Å². The lowest BCUT2D eigenvalue weighted by Gasteiger charge is -2.04. The van der Waals surface area contributed by atoms with Gasteiger partial charge in [-0.3, -0.25) is 10.1 Å². The Labute approximate surface area is 132 Å². The van der Waals surface area contributed by atoms with Gasteiger partial charge in [-0.2, -0.15) is 4.99 Å². The molecule has 3 N–H and O–H groups in total. The second kappa shape index (κ2) is 5.35. The lowest BCUT2D eigenvalue weighted by atomic mass is 10.0. The first-order valence-electron chi connectivity index (χ1n) is 7.73. The third-order valence-electron chi connectivity index (χ3n) is 4.71. The average molecular weight is 314 g/mol. The molecule has 0 aliphatic heterocycles. The maximum absolute atomic E-state index is 12.3. The van der Waals surface area contributed by atoms with E-state index >= 15 is 0 Å². The van der Waals surface area contributed by atoms with Crippen LogP contribution in [0.25, 0.3) is 10.2 Å². The highest BCUT2D eigenvalue weighted by atomic mass is 32.1. The van der Waals surface area contributed by atoms with Crippen LogP contribution < -0.4 is 11.1 Å². The summed E-state index contributed by atoms with van der Waals surface area (Å²) < 4.78 is 1.06. The van der Waals surface area contributed by atoms with E-state index < -0.39 is 0 Å². The van der Waals surface area contributed by atoms with Crippen LogP contribution in [-0.2, 0) is 4.79 Å². The summed E-state index contributed by atoms with van der Waals surface area (Å²) in [5.41, 5.74) is 6.77. The van der Waals surface area contributed by atoms with E-state index in [0.717, 1.165) is 10.2 Å². The highest BCUT2D eigenvalue weighted by molar-refractivity contribution is 7.22. The van der Waals surface area contributed by atoms with Crippen LogP contribution in [0.2, 0.25) is 0 Å². The lowest BCUT2D eigenvalue weighted by molar-refractivity contribution is -0.121. The molecule has 3 atom stereocenters. The molecular weight excluding hydrogens is 296 g/mol. The van der Waals surface area contributed by atoms with Gasteiger partial charge in [-0.05, 0) is 36.8 Å². The highest BCUT2D eigenvalue weighted by Gasteiger charge is 2.54. The molecule has 114 valence electrons. The minimum atomic E-state index is 0.0271. The Hall–Kier alpha value is -1.95. The van der Waals surface area contributed by atoms with Gasteiger partial charge in [-0.15, -0.1) is 0 Å². The van der Waals surface area contributed by atoms with Crippen LogP contribution in [0.1, 0.15) is 25.7 Å². The Morgan fingerprint density at radius 1 is 1.27 bits per heavy atom. The highest BCUT2D eigenvalue weighted by Crippen LogP contribution is 2.55. The van der Waals surface area contributed by atoms with Gasteiger partial charge in [0.15, 0.2) is 0 Å². The van der Waals surface area contributed by atoms with Crippen molar-refractivity contribution in [3.63, 3.8) is 0 Å². The first-order chi connectivity index (χ1) is 10.7. The smallest absolute Gasteiger partial charge is 0.230 e. The van der Waals surface area contributed by atoms with E-state index in [1.807, 2.05) is 24.3 Å². The lowest BCUT2D eigenvalue weighted by Crippen LogP contribution is -2.38. The largest absolute Gasteiger partial charge is 0.369 e. The van der Waals surface area contributed by atoms with E-state index in [0.29, 0.717) is 17.0 Å². The van der Waals surface area contributed by atoms with Crippen molar-refractivity contribution in [3.8, 4) is 0 Å². The van der Waals surface area contributed by atoms with Crippen LogP contribution in [0.15, 0.2) is 29.3 Å². The van der Waals surface area contributed by atoms with Gasteiger partial charge < -0.3 is 5.73 Å². The summed E-state index contributed by atoms with van der Waals surface area (Å²) in [6.07, 6.45) is 4.86. The number of amides is 1. The van der Waals surface area contributed by atoms with Crippen molar-refractivity contribution in [2.45, 2.75) is 25.7 Å². The standard InChI is InChI=1S/C16H18N4OS/c17-15(19-14(21)13-9-5-1-2-6-10(9)13)20-16-18-11-7-3-4-8-12(11)22-16/h3-4,7-10,13H,1-2,5-6H2,(H3,17,18,19,20,21)/t9-,10+,13?. The number of benzene rings is 1. The van der Waals surface area contributed by atoms with Crippen molar-refractivity contribution >= 4 is 38.6 Å². The van der Waals surface area contributed by atoms with E-state index in [-0.39, 0.29) is 17.8 Å². The van der Waals surface area contributed by atoms with E-state index in [1.165, 1.54) is 37.0 Å². The molecule has 0 bridgehead atoms. The molecule has 2 fully saturated rings. The molecule has 2 aliphatic carbocycles. The SMILES string of the molecule is NC(=Nc1nc2ccccc2s1)NC(=O)C1[C@H]2CCCC[C@@H]12. The van der Waals surface area contributed by atoms with Crippen molar-refractivity contribution in [1.82, 2.24) is 10.3 Å².